The Hall–Kier alpha value is -2.01. The molecule has 0 unspecified atom stereocenters. The van der Waals surface area contributed by atoms with Gasteiger partial charge in [0.2, 0.25) is 0 Å². The molecular weight excluding hydrogens is 410 g/mol. The zero-order valence-electron chi connectivity index (χ0n) is 15.9. The van der Waals surface area contributed by atoms with Gasteiger partial charge in [-0.05, 0) is 48.1 Å². The van der Waals surface area contributed by atoms with Gasteiger partial charge in [-0.15, -0.1) is 0 Å². The van der Waals surface area contributed by atoms with Crippen LogP contribution in [0.25, 0.3) is 17.1 Å². The van der Waals surface area contributed by atoms with Crippen LogP contribution in [0.15, 0.2) is 47.1 Å². The van der Waals surface area contributed by atoms with E-state index in [0.717, 1.165) is 28.3 Å². The molecule has 0 atom stereocenters. The summed E-state index contributed by atoms with van der Waals surface area (Å²) in [5, 5.41) is 0. The number of rotatable bonds is 5. The number of aromatic nitrogens is 2. The lowest BCUT2D eigenvalue weighted by molar-refractivity contribution is 0.584. The highest BCUT2D eigenvalue weighted by Crippen LogP contribution is 2.32. The number of hydrogen-bond donors (Lipinski definition) is 0. The summed E-state index contributed by atoms with van der Waals surface area (Å²) in [4.78, 5) is 4.48. The first-order valence-electron chi connectivity index (χ1n) is 9.09. The van der Waals surface area contributed by atoms with Gasteiger partial charge in [0.15, 0.2) is 0 Å². The summed E-state index contributed by atoms with van der Waals surface area (Å²) in [6.07, 6.45) is 2.59. The molecule has 1 heterocycles. The molecule has 2 aromatic carbocycles. The Morgan fingerprint density at radius 1 is 1.04 bits per heavy atom. The van der Waals surface area contributed by atoms with Crippen molar-refractivity contribution < 1.29 is 8.78 Å². The molecule has 0 aliphatic carbocycles. The lowest BCUT2D eigenvalue weighted by Gasteiger charge is -2.16. The molecule has 2 nitrogen and oxygen atoms in total. The van der Waals surface area contributed by atoms with Gasteiger partial charge in [0.05, 0.1) is 5.56 Å². The number of imidazole rings is 1. The average Bonchev–Trinajstić information content (AvgIpc) is 2.96. The molecule has 0 aliphatic rings. The molecule has 142 valence electrons. The second-order valence-corrected chi connectivity index (χ2v) is 8.35. The highest BCUT2D eigenvalue weighted by molar-refractivity contribution is 9.10. The zero-order chi connectivity index (χ0) is 19.7. The molecular formula is C22H23BrF2N2. The van der Waals surface area contributed by atoms with Gasteiger partial charge < -0.3 is 0 Å². The fourth-order valence-electron chi connectivity index (χ4n) is 3.22. The minimum absolute atomic E-state index is 0.287. The summed E-state index contributed by atoms with van der Waals surface area (Å²) in [5.74, 6) is 0.0778. The third-order valence-electron chi connectivity index (χ3n) is 4.49. The Bertz CT molecular complexity index is 961. The van der Waals surface area contributed by atoms with Gasteiger partial charge in [0, 0.05) is 28.1 Å². The van der Waals surface area contributed by atoms with Crippen molar-refractivity contribution in [3.05, 3.63) is 70.0 Å². The van der Waals surface area contributed by atoms with Crippen LogP contribution in [-0.4, -0.2) is 9.55 Å². The SMILES string of the molecule is CC(C)Cc1cnc(-c2ccc(F)cc2F)n1-c1ccc(C(C)C)c(Br)c1. The van der Waals surface area contributed by atoms with Crippen molar-refractivity contribution in [3.63, 3.8) is 0 Å². The van der Waals surface area contributed by atoms with Crippen LogP contribution >= 0.6 is 15.9 Å². The highest BCUT2D eigenvalue weighted by Gasteiger charge is 2.19. The molecule has 1 aromatic heterocycles. The van der Waals surface area contributed by atoms with Gasteiger partial charge in [-0.2, -0.15) is 0 Å². The van der Waals surface area contributed by atoms with Crippen molar-refractivity contribution in [1.29, 1.82) is 0 Å². The van der Waals surface area contributed by atoms with Crippen LogP contribution in [0.2, 0.25) is 0 Å². The first-order valence-corrected chi connectivity index (χ1v) is 9.89. The molecule has 0 radical (unpaired) electrons. The van der Waals surface area contributed by atoms with Gasteiger partial charge in [-0.1, -0.05) is 49.7 Å². The van der Waals surface area contributed by atoms with Crippen LogP contribution in [0.4, 0.5) is 8.78 Å². The van der Waals surface area contributed by atoms with Gasteiger partial charge in [-0.25, -0.2) is 13.8 Å². The number of hydrogen-bond acceptors (Lipinski definition) is 1. The molecule has 27 heavy (non-hydrogen) atoms. The molecule has 3 aromatic rings. The number of nitrogens with zero attached hydrogens (tertiary/aromatic N) is 2. The number of halogens is 3. The van der Waals surface area contributed by atoms with Crippen molar-refractivity contribution >= 4 is 15.9 Å². The molecule has 0 spiro atoms. The molecule has 0 saturated carbocycles. The lowest BCUT2D eigenvalue weighted by Crippen LogP contribution is -2.07. The Balaban J connectivity index is 2.20. The van der Waals surface area contributed by atoms with E-state index in [1.165, 1.54) is 17.7 Å². The summed E-state index contributed by atoms with van der Waals surface area (Å²) in [6, 6.07) is 9.74. The number of benzene rings is 2. The van der Waals surface area contributed by atoms with E-state index in [-0.39, 0.29) is 5.56 Å². The Labute approximate surface area is 167 Å². The van der Waals surface area contributed by atoms with Gasteiger partial charge in [0.25, 0.3) is 0 Å². The minimum Gasteiger partial charge on any atom is -0.297 e. The Morgan fingerprint density at radius 3 is 2.37 bits per heavy atom. The quantitative estimate of drug-likeness (QED) is 0.428. The molecule has 0 bridgehead atoms. The molecule has 3 rings (SSSR count). The molecule has 0 fully saturated rings. The maximum absolute atomic E-state index is 14.5. The molecule has 0 N–H and O–H groups in total. The smallest absolute Gasteiger partial charge is 0.147 e. The first kappa shape index (κ1) is 19.7. The fraction of sp³-hybridized carbons (Fsp3) is 0.318. The average molecular weight is 433 g/mol. The maximum Gasteiger partial charge on any atom is 0.147 e. The summed E-state index contributed by atoms with van der Waals surface area (Å²) in [6.45, 7) is 8.54. The predicted molar refractivity (Wildman–Crippen MR) is 109 cm³/mol. The van der Waals surface area contributed by atoms with Crippen molar-refractivity contribution in [1.82, 2.24) is 9.55 Å². The van der Waals surface area contributed by atoms with Gasteiger partial charge in [-0.3, -0.25) is 4.57 Å². The van der Waals surface area contributed by atoms with E-state index in [4.69, 9.17) is 0 Å². The Kier molecular flexibility index (Phi) is 5.80. The van der Waals surface area contributed by atoms with Crippen molar-refractivity contribution in [2.75, 3.05) is 0 Å². The van der Waals surface area contributed by atoms with Crippen LogP contribution in [0, 0.1) is 17.6 Å². The molecule has 0 aliphatic heterocycles. The van der Waals surface area contributed by atoms with E-state index < -0.39 is 11.6 Å². The Morgan fingerprint density at radius 2 is 1.78 bits per heavy atom. The molecule has 0 saturated heterocycles. The van der Waals surface area contributed by atoms with Crippen LogP contribution < -0.4 is 0 Å². The summed E-state index contributed by atoms with van der Waals surface area (Å²) in [5.41, 5.74) is 3.39. The predicted octanol–water partition coefficient (Wildman–Crippen LogP) is 6.90. The topological polar surface area (TPSA) is 17.8 Å². The fourth-order valence-corrected chi connectivity index (χ4v) is 4.05. The van der Waals surface area contributed by atoms with Crippen molar-refractivity contribution in [2.45, 2.75) is 40.0 Å². The van der Waals surface area contributed by atoms with Gasteiger partial charge >= 0.3 is 0 Å². The van der Waals surface area contributed by atoms with Crippen LogP contribution in [0.5, 0.6) is 0 Å². The van der Waals surface area contributed by atoms with Crippen molar-refractivity contribution in [3.8, 4) is 17.1 Å². The van der Waals surface area contributed by atoms with Gasteiger partial charge in [0.1, 0.15) is 17.5 Å². The first-order chi connectivity index (χ1) is 12.8. The normalized spacial score (nSPS) is 11.6. The highest BCUT2D eigenvalue weighted by atomic mass is 79.9. The third kappa shape index (κ3) is 4.13. The third-order valence-corrected chi connectivity index (χ3v) is 5.18. The summed E-state index contributed by atoms with van der Waals surface area (Å²) < 4.78 is 30.8. The van der Waals surface area contributed by atoms with E-state index in [9.17, 15) is 8.78 Å². The van der Waals surface area contributed by atoms with E-state index in [1.807, 2.05) is 16.7 Å². The van der Waals surface area contributed by atoms with E-state index >= 15 is 0 Å². The largest absolute Gasteiger partial charge is 0.297 e. The minimum atomic E-state index is -0.615. The van der Waals surface area contributed by atoms with E-state index in [2.05, 4.69) is 54.7 Å². The molecule has 5 heteroatoms. The second-order valence-electron chi connectivity index (χ2n) is 7.49. The summed E-state index contributed by atoms with van der Waals surface area (Å²) >= 11 is 3.66. The van der Waals surface area contributed by atoms with E-state index in [1.54, 1.807) is 6.20 Å². The monoisotopic (exact) mass is 432 g/mol. The van der Waals surface area contributed by atoms with E-state index in [0.29, 0.717) is 17.7 Å². The van der Waals surface area contributed by atoms with Crippen LogP contribution in [0.3, 0.4) is 0 Å². The lowest BCUT2D eigenvalue weighted by atomic mass is 10.0. The molecule has 0 amide bonds. The van der Waals surface area contributed by atoms with Crippen molar-refractivity contribution in [2.24, 2.45) is 5.92 Å². The van der Waals surface area contributed by atoms with Crippen LogP contribution in [-0.2, 0) is 6.42 Å². The maximum atomic E-state index is 14.5. The van der Waals surface area contributed by atoms with Crippen LogP contribution in [0.1, 0.15) is 44.9 Å². The second kappa shape index (κ2) is 7.93. The zero-order valence-corrected chi connectivity index (χ0v) is 17.5. The summed E-state index contributed by atoms with van der Waals surface area (Å²) in [7, 11) is 0. The standard InChI is InChI=1S/C22H23BrF2N2/c1-13(2)9-17-12-26-22(19-7-5-15(24)10-21(19)25)27(17)16-6-8-18(14(3)4)20(23)11-16/h5-8,10-14H,9H2,1-4H3.